The molecule has 1 N–H and O–H groups in total. The lowest BCUT2D eigenvalue weighted by molar-refractivity contribution is -0.113. The lowest BCUT2D eigenvalue weighted by Crippen LogP contribution is -2.14. The predicted molar refractivity (Wildman–Crippen MR) is 123 cm³/mol. The standard InChI is InChI=1S/C23H21N5O3S/c1-30-20-10-6-17(14-21(20)31-2)25-22(29)15-32-23-11-9-19(26-27-23)16-4-7-18(8-5-16)28-13-3-12-24-28/h3-14H,15H2,1-2H3,(H,25,29). The molecular formula is C23H21N5O3S. The second kappa shape index (κ2) is 9.97. The van der Waals surface area contributed by atoms with Crippen molar-refractivity contribution in [2.24, 2.45) is 0 Å². The van der Waals surface area contributed by atoms with Gasteiger partial charge in [-0.25, -0.2) is 4.68 Å². The molecule has 162 valence electrons. The molecule has 1 amide bonds. The van der Waals surface area contributed by atoms with Crippen LogP contribution in [0.25, 0.3) is 16.9 Å². The molecule has 0 bridgehead atoms. The van der Waals surface area contributed by atoms with Crippen molar-refractivity contribution in [3.8, 4) is 28.4 Å². The van der Waals surface area contributed by atoms with E-state index in [4.69, 9.17) is 9.47 Å². The largest absolute Gasteiger partial charge is 0.493 e. The molecule has 2 aromatic heterocycles. The minimum absolute atomic E-state index is 0.151. The van der Waals surface area contributed by atoms with E-state index in [0.717, 1.165) is 16.9 Å². The Morgan fingerprint density at radius 1 is 1.00 bits per heavy atom. The summed E-state index contributed by atoms with van der Waals surface area (Å²) in [5, 5.41) is 16.3. The maximum Gasteiger partial charge on any atom is 0.234 e. The Hall–Kier alpha value is -3.85. The highest BCUT2D eigenvalue weighted by Gasteiger charge is 2.09. The first-order chi connectivity index (χ1) is 15.7. The molecule has 0 aliphatic carbocycles. The third kappa shape index (κ3) is 5.06. The van der Waals surface area contributed by atoms with Crippen LogP contribution >= 0.6 is 11.8 Å². The molecule has 0 saturated carbocycles. The first kappa shape index (κ1) is 21.4. The van der Waals surface area contributed by atoms with Crippen LogP contribution in [0.15, 0.2) is 78.1 Å². The van der Waals surface area contributed by atoms with E-state index in [9.17, 15) is 4.79 Å². The summed E-state index contributed by atoms with van der Waals surface area (Å²) in [5.74, 6) is 1.21. The average Bonchev–Trinajstić information content (AvgIpc) is 3.38. The number of thioether (sulfide) groups is 1. The van der Waals surface area contributed by atoms with Crippen LogP contribution in [-0.2, 0) is 4.79 Å². The third-order valence-corrected chi connectivity index (χ3v) is 5.51. The molecule has 32 heavy (non-hydrogen) atoms. The van der Waals surface area contributed by atoms with Gasteiger partial charge in [-0.15, -0.1) is 10.2 Å². The number of nitrogens with zero attached hydrogens (tertiary/aromatic N) is 4. The van der Waals surface area contributed by atoms with Gasteiger partial charge in [0, 0.05) is 29.7 Å². The van der Waals surface area contributed by atoms with Gasteiger partial charge >= 0.3 is 0 Å². The smallest absolute Gasteiger partial charge is 0.234 e. The van der Waals surface area contributed by atoms with Crippen LogP contribution in [-0.4, -0.2) is 45.9 Å². The monoisotopic (exact) mass is 447 g/mol. The first-order valence-electron chi connectivity index (χ1n) is 9.75. The van der Waals surface area contributed by atoms with Crippen LogP contribution in [0, 0.1) is 0 Å². The number of hydrogen-bond acceptors (Lipinski definition) is 7. The summed E-state index contributed by atoms with van der Waals surface area (Å²) >= 11 is 1.32. The number of carbonyl (C=O) groups excluding carboxylic acids is 1. The fraction of sp³-hybridized carbons (Fsp3) is 0.130. The van der Waals surface area contributed by atoms with E-state index in [1.165, 1.54) is 11.8 Å². The zero-order valence-electron chi connectivity index (χ0n) is 17.6. The zero-order chi connectivity index (χ0) is 22.3. The lowest BCUT2D eigenvalue weighted by Gasteiger charge is -2.10. The normalized spacial score (nSPS) is 10.6. The van der Waals surface area contributed by atoms with Gasteiger partial charge in [0.1, 0.15) is 5.03 Å². The summed E-state index contributed by atoms with van der Waals surface area (Å²) < 4.78 is 12.3. The number of ether oxygens (including phenoxy) is 2. The van der Waals surface area contributed by atoms with Crippen molar-refractivity contribution in [3.05, 3.63) is 73.1 Å². The SMILES string of the molecule is COc1ccc(NC(=O)CSc2ccc(-c3ccc(-n4cccn4)cc3)nn2)cc1OC. The molecule has 9 heteroatoms. The zero-order valence-corrected chi connectivity index (χ0v) is 18.4. The number of amides is 1. The van der Waals surface area contributed by atoms with Crippen molar-refractivity contribution in [3.63, 3.8) is 0 Å². The average molecular weight is 448 g/mol. The quantitative estimate of drug-likeness (QED) is 0.407. The molecular weight excluding hydrogens is 426 g/mol. The van der Waals surface area contributed by atoms with Gasteiger partial charge in [-0.2, -0.15) is 5.10 Å². The van der Waals surface area contributed by atoms with Gasteiger partial charge in [0.15, 0.2) is 11.5 Å². The van der Waals surface area contributed by atoms with Crippen molar-refractivity contribution < 1.29 is 14.3 Å². The summed E-state index contributed by atoms with van der Waals surface area (Å²) in [6, 6.07) is 18.8. The highest BCUT2D eigenvalue weighted by Crippen LogP contribution is 2.30. The fourth-order valence-electron chi connectivity index (χ4n) is 3.01. The number of anilines is 1. The van der Waals surface area contributed by atoms with Gasteiger partial charge in [-0.05, 0) is 42.5 Å². The van der Waals surface area contributed by atoms with Crippen LogP contribution in [0.2, 0.25) is 0 Å². The van der Waals surface area contributed by atoms with E-state index in [1.54, 1.807) is 43.3 Å². The summed E-state index contributed by atoms with van der Waals surface area (Å²) in [6.07, 6.45) is 3.63. The van der Waals surface area contributed by atoms with Gasteiger partial charge in [-0.3, -0.25) is 4.79 Å². The molecule has 8 nitrogen and oxygen atoms in total. The van der Waals surface area contributed by atoms with Gasteiger partial charge in [0.2, 0.25) is 5.91 Å². The Kier molecular flexibility index (Phi) is 6.66. The van der Waals surface area contributed by atoms with Crippen LogP contribution < -0.4 is 14.8 Å². The number of hydrogen-bond donors (Lipinski definition) is 1. The number of nitrogens with one attached hydrogen (secondary N) is 1. The van der Waals surface area contributed by atoms with Crippen LogP contribution in [0.5, 0.6) is 11.5 Å². The molecule has 0 aliphatic rings. The van der Waals surface area contributed by atoms with Crippen molar-refractivity contribution in [2.45, 2.75) is 5.03 Å². The number of methoxy groups -OCH3 is 2. The predicted octanol–water partition coefficient (Wildman–Crippen LogP) is 4.08. The minimum Gasteiger partial charge on any atom is -0.493 e. The van der Waals surface area contributed by atoms with Crippen molar-refractivity contribution >= 4 is 23.4 Å². The van der Waals surface area contributed by atoms with Gasteiger partial charge in [-0.1, -0.05) is 23.9 Å². The molecule has 0 aliphatic heterocycles. The molecule has 0 spiro atoms. The Labute approximate surface area is 189 Å². The number of aromatic nitrogens is 4. The second-order valence-electron chi connectivity index (χ2n) is 6.66. The molecule has 2 aromatic carbocycles. The minimum atomic E-state index is -0.151. The van der Waals surface area contributed by atoms with E-state index in [0.29, 0.717) is 22.2 Å². The van der Waals surface area contributed by atoms with Gasteiger partial charge < -0.3 is 14.8 Å². The van der Waals surface area contributed by atoms with Crippen LogP contribution in [0.1, 0.15) is 0 Å². The molecule has 0 saturated heterocycles. The third-order valence-electron chi connectivity index (χ3n) is 4.59. The first-order valence-corrected chi connectivity index (χ1v) is 10.7. The Morgan fingerprint density at radius 3 is 2.47 bits per heavy atom. The molecule has 4 aromatic rings. The topological polar surface area (TPSA) is 91.2 Å². The maximum absolute atomic E-state index is 12.3. The Morgan fingerprint density at radius 2 is 1.81 bits per heavy atom. The fourth-order valence-corrected chi connectivity index (χ4v) is 3.62. The molecule has 0 fully saturated rings. The molecule has 0 atom stereocenters. The molecule has 0 unspecified atom stereocenters. The van der Waals surface area contributed by atoms with E-state index in [1.807, 2.05) is 48.7 Å². The lowest BCUT2D eigenvalue weighted by atomic mass is 10.1. The summed E-state index contributed by atoms with van der Waals surface area (Å²) in [5.41, 5.74) is 3.32. The number of rotatable bonds is 8. The number of benzene rings is 2. The highest BCUT2D eigenvalue weighted by molar-refractivity contribution is 7.99. The summed E-state index contributed by atoms with van der Waals surface area (Å²) in [4.78, 5) is 12.3. The van der Waals surface area contributed by atoms with E-state index in [2.05, 4.69) is 20.6 Å². The number of carbonyl (C=O) groups is 1. The van der Waals surface area contributed by atoms with E-state index < -0.39 is 0 Å². The van der Waals surface area contributed by atoms with Crippen molar-refractivity contribution in [1.82, 2.24) is 20.0 Å². The second-order valence-corrected chi connectivity index (χ2v) is 7.66. The Balaban J connectivity index is 1.33. The van der Waals surface area contributed by atoms with Crippen LogP contribution in [0.4, 0.5) is 5.69 Å². The van der Waals surface area contributed by atoms with E-state index >= 15 is 0 Å². The van der Waals surface area contributed by atoms with Crippen molar-refractivity contribution in [1.29, 1.82) is 0 Å². The van der Waals surface area contributed by atoms with Crippen molar-refractivity contribution in [2.75, 3.05) is 25.3 Å². The molecule has 0 radical (unpaired) electrons. The Bertz CT molecular complexity index is 1180. The molecule has 4 rings (SSSR count). The van der Waals surface area contributed by atoms with Gasteiger partial charge in [0.05, 0.1) is 31.4 Å². The highest BCUT2D eigenvalue weighted by atomic mass is 32.2. The summed E-state index contributed by atoms with van der Waals surface area (Å²) in [6.45, 7) is 0. The maximum atomic E-state index is 12.3. The summed E-state index contributed by atoms with van der Waals surface area (Å²) in [7, 11) is 3.12. The molecule has 2 heterocycles. The van der Waals surface area contributed by atoms with Crippen LogP contribution in [0.3, 0.4) is 0 Å². The van der Waals surface area contributed by atoms with Gasteiger partial charge in [0.25, 0.3) is 0 Å². The van der Waals surface area contributed by atoms with E-state index in [-0.39, 0.29) is 11.7 Å².